The molecule has 0 unspecified atom stereocenters. The van der Waals surface area contributed by atoms with E-state index in [0.29, 0.717) is 11.2 Å². The largest absolute Gasteiger partial charge is 0.497 e. The normalized spacial score (nSPS) is 16.2. The summed E-state index contributed by atoms with van der Waals surface area (Å²) in [6.07, 6.45) is 0. The minimum absolute atomic E-state index is 0.383. The van der Waals surface area contributed by atoms with E-state index in [0.717, 1.165) is 44.3 Å². The summed E-state index contributed by atoms with van der Waals surface area (Å²) in [5.74, 6) is 0.807. The molecule has 1 aromatic carbocycles. The highest BCUT2D eigenvalue weighted by Crippen LogP contribution is 2.18. The SMILES string of the molecule is COc1cccc(NC(=S)NC[C@H](c2cccs2)[NH+]2CCOCC2)c1. The summed E-state index contributed by atoms with van der Waals surface area (Å²) >= 11 is 7.27. The number of thiocarbonyl (C=S) groups is 1. The van der Waals surface area contributed by atoms with Crippen LogP contribution < -0.4 is 20.3 Å². The third kappa shape index (κ3) is 5.15. The molecule has 25 heavy (non-hydrogen) atoms. The van der Waals surface area contributed by atoms with Crippen LogP contribution in [0.5, 0.6) is 5.75 Å². The molecule has 3 N–H and O–H groups in total. The Kier molecular flexibility index (Phi) is 6.63. The standard InChI is InChI=1S/C18H23N3O2S2/c1-22-15-5-2-4-14(12-15)20-18(24)19-13-16(17-6-3-11-25-17)21-7-9-23-10-8-21/h2-6,11-12,16H,7-10,13H2,1H3,(H2,19,20,24)/p+1/t16-/m1/s1. The molecular weight excluding hydrogens is 354 g/mol. The Morgan fingerprint density at radius 2 is 2.16 bits per heavy atom. The lowest BCUT2D eigenvalue weighted by Gasteiger charge is -2.31. The molecule has 0 saturated carbocycles. The maximum Gasteiger partial charge on any atom is 0.171 e. The topological polar surface area (TPSA) is 47.0 Å². The molecule has 1 fully saturated rings. The van der Waals surface area contributed by atoms with Crippen LogP contribution in [0.3, 0.4) is 0 Å². The fourth-order valence-electron chi connectivity index (χ4n) is 2.99. The van der Waals surface area contributed by atoms with Crippen LogP contribution in [-0.4, -0.2) is 45.1 Å². The van der Waals surface area contributed by atoms with Gasteiger partial charge in [-0.1, -0.05) is 12.1 Å². The van der Waals surface area contributed by atoms with Gasteiger partial charge in [0.1, 0.15) is 24.9 Å². The van der Waals surface area contributed by atoms with Crippen LogP contribution in [0.15, 0.2) is 41.8 Å². The van der Waals surface area contributed by atoms with Crippen LogP contribution in [-0.2, 0) is 4.74 Å². The number of hydrogen-bond acceptors (Lipinski definition) is 4. The Labute approximate surface area is 157 Å². The lowest BCUT2D eigenvalue weighted by molar-refractivity contribution is -0.937. The maximum absolute atomic E-state index is 5.51. The Morgan fingerprint density at radius 1 is 1.32 bits per heavy atom. The molecule has 5 nitrogen and oxygen atoms in total. The van der Waals surface area contributed by atoms with Crippen molar-refractivity contribution in [1.82, 2.24) is 5.32 Å². The molecule has 2 aromatic rings. The van der Waals surface area contributed by atoms with E-state index >= 15 is 0 Å². The van der Waals surface area contributed by atoms with E-state index < -0.39 is 0 Å². The smallest absolute Gasteiger partial charge is 0.171 e. The second-order valence-electron chi connectivity index (χ2n) is 5.91. The summed E-state index contributed by atoms with van der Waals surface area (Å²) < 4.78 is 10.8. The summed E-state index contributed by atoms with van der Waals surface area (Å²) in [7, 11) is 1.66. The monoisotopic (exact) mass is 378 g/mol. The number of hydrogen-bond donors (Lipinski definition) is 3. The summed E-state index contributed by atoms with van der Waals surface area (Å²) in [5, 5.41) is 9.37. The zero-order valence-electron chi connectivity index (χ0n) is 14.3. The maximum atomic E-state index is 5.51. The molecule has 0 radical (unpaired) electrons. The number of methoxy groups -OCH3 is 1. The molecule has 0 bridgehead atoms. The van der Waals surface area contributed by atoms with Crippen LogP contribution in [0.2, 0.25) is 0 Å². The van der Waals surface area contributed by atoms with E-state index in [1.54, 1.807) is 23.3 Å². The first kappa shape index (κ1) is 18.1. The van der Waals surface area contributed by atoms with Crippen molar-refractivity contribution >= 4 is 34.4 Å². The van der Waals surface area contributed by atoms with Gasteiger partial charge in [0.15, 0.2) is 5.11 Å². The molecule has 0 amide bonds. The van der Waals surface area contributed by atoms with Crippen molar-refractivity contribution in [2.45, 2.75) is 6.04 Å². The van der Waals surface area contributed by atoms with Gasteiger partial charge in [-0.3, -0.25) is 0 Å². The van der Waals surface area contributed by atoms with Gasteiger partial charge in [-0.25, -0.2) is 0 Å². The highest BCUT2D eigenvalue weighted by Gasteiger charge is 2.27. The number of rotatable bonds is 6. The first-order chi connectivity index (χ1) is 12.3. The molecule has 2 heterocycles. The summed E-state index contributed by atoms with van der Waals surface area (Å²) in [4.78, 5) is 2.93. The molecular formula is C18H24N3O2S2+. The fourth-order valence-corrected chi connectivity index (χ4v) is 4.08. The van der Waals surface area contributed by atoms with E-state index in [9.17, 15) is 0 Å². The van der Waals surface area contributed by atoms with Crippen molar-refractivity contribution in [1.29, 1.82) is 0 Å². The van der Waals surface area contributed by atoms with Crippen molar-refractivity contribution < 1.29 is 14.4 Å². The van der Waals surface area contributed by atoms with Crippen molar-refractivity contribution in [3.8, 4) is 5.75 Å². The minimum atomic E-state index is 0.383. The Morgan fingerprint density at radius 3 is 2.88 bits per heavy atom. The van der Waals surface area contributed by atoms with E-state index in [1.165, 1.54) is 4.88 Å². The molecule has 1 atom stereocenters. The van der Waals surface area contributed by atoms with Crippen LogP contribution in [0.25, 0.3) is 0 Å². The van der Waals surface area contributed by atoms with Gasteiger partial charge in [-0.15, -0.1) is 11.3 Å². The van der Waals surface area contributed by atoms with Gasteiger partial charge in [-0.05, 0) is 35.8 Å². The van der Waals surface area contributed by atoms with Crippen LogP contribution in [0.1, 0.15) is 10.9 Å². The van der Waals surface area contributed by atoms with Gasteiger partial charge in [0, 0.05) is 11.8 Å². The van der Waals surface area contributed by atoms with Gasteiger partial charge >= 0.3 is 0 Å². The summed E-state index contributed by atoms with van der Waals surface area (Å²) in [6, 6.07) is 12.5. The van der Waals surface area contributed by atoms with Crippen LogP contribution in [0, 0.1) is 0 Å². The number of anilines is 1. The average molecular weight is 379 g/mol. The van der Waals surface area contributed by atoms with E-state index in [-0.39, 0.29) is 0 Å². The molecule has 0 aliphatic carbocycles. The molecule has 134 valence electrons. The molecule has 7 heteroatoms. The number of benzene rings is 1. The number of thiophene rings is 1. The molecule has 1 aliphatic heterocycles. The quantitative estimate of drug-likeness (QED) is 0.668. The van der Waals surface area contributed by atoms with Gasteiger partial charge in [0.05, 0.1) is 31.7 Å². The highest BCUT2D eigenvalue weighted by molar-refractivity contribution is 7.80. The summed E-state index contributed by atoms with van der Waals surface area (Å²) in [6.45, 7) is 4.50. The highest BCUT2D eigenvalue weighted by atomic mass is 32.1. The first-order valence-electron chi connectivity index (χ1n) is 8.41. The third-order valence-electron chi connectivity index (χ3n) is 4.31. The molecule has 3 rings (SSSR count). The molecule has 1 aromatic heterocycles. The Bertz CT molecular complexity index is 673. The molecule has 1 aliphatic rings. The van der Waals surface area contributed by atoms with Crippen LogP contribution >= 0.6 is 23.6 Å². The van der Waals surface area contributed by atoms with Gasteiger partial charge < -0.3 is 25.0 Å². The predicted molar refractivity (Wildman–Crippen MR) is 106 cm³/mol. The lowest BCUT2D eigenvalue weighted by Crippen LogP contribution is -3.15. The van der Waals surface area contributed by atoms with E-state index in [4.69, 9.17) is 21.7 Å². The van der Waals surface area contributed by atoms with Crippen LogP contribution in [0.4, 0.5) is 5.69 Å². The number of ether oxygens (including phenoxy) is 2. The van der Waals surface area contributed by atoms with E-state index in [2.05, 4.69) is 28.1 Å². The van der Waals surface area contributed by atoms with Gasteiger partial charge in [0.25, 0.3) is 0 Å². The zero-order chi connectivity index (χ0) is 17.5. The fraction of sp³-hybridized carbons (Fsp3) is 0.389. The van der Waals surface area contributed by atoms with Crippen molar-refractivity contribution in [2.75, 3.05) is 45.3 Å². The van der Waals surface area contributed by atoms with Crippen molar-refractivity contribution in [3.05, 3.63) is 46.7 Å². The molecule has 0 spiro atoms. The first-order valence-corrected chi connectivity index (χ1v) is 9.69. The number of morpholine rings is 1. The predicted octanol–water partition coefficient (Wildman–Crippen LogP) is 1.70. The van der Waals surface area contributed by atoms with Crippen molar-refractivity contribution in [2.24, 2.45) is 0 Å². The van der Waals surface area contributed by atoms with Gasteiger partial charge in [0.2, 0.25) is 0 Å². The number of nitrogens with one attached hydrogen (secondary N) is 3. The lowest BCUT2D eigenvalue weighted by atomic mass is 10.2. The average Bonchev–Trinajstić information content (AvgIpc) is 3.17. The third-order valence-corrected chi connectivity index (χ3v) is 5.54. The summed E-state index contributed by atoms with van der Waals surface area (Å²) in [5.41, 5.74) is 0.920. The zero-order valence-corrected chi connectivity index (χ0v) is 15.9. The second kappa shape index (κ2) is 9.15. The minimum Gasteiger partial charge on any atom is -0.497 e. The van der Waals surface area contributed by atoms with Gasteiger partial charge in [-0.2, -0.15) is 0 Å². The Balaban J connectivity index is 1.59. The molecule has 1 saturated heterocycles. The Hall–Kier alpha value is -1.67. The van der Waals surface area contributed by atoms with E-state index in [1.807, 2.05) is 24.3 Å². The second-order valence-corrected chi connectivity index (χ2v) is 7.29. The number of quaternary nitrogens is 1. The van der Waals surface area contributed by atoms with Crippen molar-refractivity contribution in [3.63, 3.8) is 0 Å².